The fraction of sp³-hybridized carbons (Fsp3) is 0.850. The summed E-state index contributed by atoms with van der Waals surface area (Å²) in [5.41, 5.74) is 0. The van der Waals surface area contributed by atoms with E-state index >= 15 is 0 Å². The predicted molar refractivity (Wildman–Crippen MR) is 124 cm³/mol. The molecule has 0 radical (unpaired) electrons. The first-order valence-corrected chi connectivity index (χ1v) is 13.4. The van der Waals surface area contributed by atoms with E-state index in [-0.39, 0.29) is 0 Å². The highest BCUT2D eigenvalue weighted by Gasteiger charge is 2.94. The number of thiol groups is 2. The molecule has 1 heterocycles. The van der Waals surface area contributed by atoms with Crippen LogP contribution in [-0.4, -0.2) is 92.3 Å². The van der Waals surface area contributed by atoms with Crippen LogP contribution in [0.15, 0.2) is 10.1 Å². The minimum absolute atomic E-state index is 1.24. The Morgan fingerprint density at radius 1 is 0.370 bits per heavy atom. The molecule has 0 spiro atoms. The van der Waals surface area contributed by atoms with Crippen molar-refractivity contribution in [1.82, 2.24) is 9.13 Å². The molecule has 0 bridgehead atoms. The minimum atomic E-state index is -8.84. The van der Waals surface area contributed by atoms with Gasteiger partial charge in [0.2, 0.25) is 0 Å². The highest BCUT2D eigenvalue weighted by molar-refractivity contribution is 7.83. The Hall–Kier alpha value is -1.90. The second kappa shape index (κ2) is 13.1. The van der Waals surface area contributed by atoms with Crippen molar-refractivity contribution in [1.29, 1.82) is 0 Å². The van der Waals surface area contributed by atoms with E-state index in [2.05, 4.69) is 37.5 Å². The number of hydrogen-bond donors (Lipinski definition) is 2. The summed E-state index contributed by atoms with van der Waals surface area (Å²) < 4.78 is 390. The van der Waals surface area contributed by atoms with Crippen LogP contribution in [0.25, 0.3) is 0 Å². The van der Waals surface area contributed by atoms with Crippen molar-refractivity contribution in [2.45, 2.75) is 113 Å². The van der Waals surface area contributed by atoms with Crippen LogP contribution in [0.5, 0.6) is 0 Å². The lowest BCUT2D eigenvalue weighted by Crippen LogP contribution is -2.73. The van der Waals surface area contributed by atoms with Gasteiger partial charge in [0.1, 0.15) is 10.1 Å². The van der Waals surface area contributed by atoms with Crippen LogP contribution < -0.4 is 0 Å². The highest BCUT2D eigenvalue weighted by atomic mass is 32.1. The summed E-state index contributed by atoms with van der Waals surface area (Å²) in [4.78, 5) is 0. The molecule has 0 unspecified atom stereocenters. The average Bonchev–Trinajstić information content (AvgIpc) is 3.12. The highest BCUT2D eigenvalue weighted by Crippen LogP contribution is 2.64. The summed E-state index contributed by atoms with van der Waals surface area (Å²) in [5.74, 6) is -106. The Kier molecular flexibility index (Phi) is 12.1. The fourth-order valence-corrected chi connectivity index (χ4v) is 4.56. The molecule has 2 nitrogen and oxygen atoms in total. The molecule has 0 aromatic carbocycles. The van der Waals surface area contributed by atoms with Crippen LogP contribution in [0.1, 0.15) is 6.92 Å². The zero-order valence-electron chi connectivity index (χ0n) is 24.1. The third kappa shape index (κ3) is 6.52. The summed E-state index contributed by atoms with van der Waals surface area (Å²) in [7, 11) is 0. The molecule has 0 saturated carbocycles. The van der Waals surface area contributed by atoms with Crippen LogP contribution in [0, 0.1) is 4.77 Å². The number of nitrogens with zero attached hydrogens (tertiary/aromatic N) is 2. The third-order valence-corrected chi connectivity index (χ3v) is 8.39. The van der Waals surface area contributed by atoms with Gasteiger partial charge in [-0.3, -0.25) is 0 Å². The second-order valence-electron chi connectivity index (χ2n) is 10.6. The zero-order chi connectivity index (χ0) is 44.3. The SMILES string of the molecule is CC(F)(F)C(F)(F)C(F)(F)C(F)(F)C(F)(F)C(F)(F)C(F)(F)Cn1c(S)c(S)n(CC(F)(F)C(F)(F)C(F)(F)C(F)(F)C(F)(F)C(F)(F)C(F)(F)F)c1=S. The maximum Gasteiger partial charge on any atom is 0.460 e. The van der Waals surface area contributed by atoms with Crippen molar-refractivity contribution in [3.8, 4) is 0 Å². The van der Waals surface area contributed by atoms with Crippen LogP contribution in [0.2, 0.25) is 0 Å². The summed E-state index contributed by atoms with van der Waals surface area (Å²) in [5, 5.41) is -4.03. The molecule has 1 aromatic heterocycles. The summed E-state index contributed by atoms with van der Waals surface area (Å²) in [6, 6.07) is 0. The van der Waals surface area contributed by atoms with Crippen molar-refractivity contribution in [2.24, 2.45) is 0 Å². The number of aromatic nitrogens is 2. The van der Waals surface area contributed by atoms with Gasteiger partial charge in [0.15, 0.2) is 4.77 Å². The maximum atomic E-state index is 14.5. The molecule has 1 rings (SSSR count). The monoisotopic (exact) mass is 924 g/mol. The van der Waals surface area contributed by atoms with Gasteiger partial charge >= 0.3 is 83.2 Å². The summed E-state index contributed by atoms with van der Waals surface area (Å²) in [6.07, 6.45) is -7.98. The van der Waals surface area contributed by atoms with E-state index in [9.17, 15) is 127 Å². The third-order valence-electron chi connectivity index (χ3n) is 6.87. The van der Waals surface area contributed by atoms with Crippen molar-refractivity contribution in [3.05, 3.63) is 4.77 Å². The van der Waals surface area contributed by atoms with E-state index < -0.39 is 127 Å². The van der Waals surface area contributed by atoms with E-state index in [1.54, 1.807) is 0 Å². The number of alkyl halides is 29. The molecular formula is C20H9F29N2S3. The molecule has 0 saturated heterocycles. The van der Waals surface area contributed by atoms with Crippen molar-refractivity contribution in [3.63, 3.8) is 0 Å². The summed E-state index contributed by atoms with van der Waals surface area (Å²) in [6.45, 7) is -8.80. The predicted octanol–water partition coefficient (Wildman–Crippen LogP) is 11.4. The number of hydrogen-bond acceptors (Lipinski definition) is 3. The Bertz CT molecular complexity index is 1490. The lowest BCUT2D eigenvalue weighted by atomic mass is 9.89. The van der Waals surface area contributed by atoms with Crippen LogP contribution in [0.3, 0.4) is 0 Å². The lowest BCUT2D eigenvalue weighted by Gasteiger charge is -2.42. The lowest BCUT2D eigenvalue weighted by molar-refractivity contribution is -0.452. The molecular weight excluding hydrogens is 915 g/mol. The van der Waals surface area contributed by atoms with E-state index in [1.165, 1.54) is 0 Å². The average molecular weight is 924 g/mol. The van der Waals surface area contributed by atoms with Crippen LogP contribution in [-0.2, 0) is 13.1 Å². The standard InChI is InChI=1S/C20H9F29N2S3/c1-7(21,22)10(27,28)13(33,34)16(39,40)14(35,36)11(29,30)8(23,24)2-50-4(52)5(53)51(6(50)54)3-9(25,26)12(31,32)15(37,38)17(41,42)18(43,44)19(45,46)20(47,48)49/h52-53H,2-3H2,1H3. The molecule has 0 aliphatic heterocycles. The van der Waals surface area contributed by atoms with E-state index in [0.29, 0.717) is 0 Å². The topological polar surface area (TPSA) is 9.86 Å². The van der Waals surface area contributed by atoms with Gasteiger partial charge in [0.05, 0.1) is 13.1 Å². The van der Waals surface area contributed by atoms with Crippen LogP contribution in [0.4, 0.5) is 127 Å². The minimum Gasteiger partial charge on any atom is -0.305 e. The maximum absolute atomic E-state index is 14.5. The number of halogens is 29. The molecule has 320 valence electrons. The van der Waals surface area contributed by atoms with Gasteiger partial charge < -0.3 is 9.13 Å². The Labute approximate surface area is 292 Å². The van der Waals surface area contributed by atoms with Gasteiger partial charge in [0, 0.05) is 6.92 Å². The van der Waals surface area contributed by atoms with E-state index in [4.69, 9.17) is 0 Å². The molecule has 0 N–H and O–H groups in total. The van der Waals surface area contributed by atoms with Crippen molar-refractivity contribution in [2.75, 3.05) is 0 Å². The molecule has 0 aliphatic carbocycles. The second-order valence-corrected chi connectivity index (χ2v) is 11.9. The van der Waals surface area contributed by atoms with Crippen molar-refractivity contribution < 1.29 is 127 Å². The van der Waals surface area contributed by atoms with E-state index in [1.807, 2.05) is 0 Å². The van der Waals surface area contributed by atoms with Crippen molar-refractivity contribution >= 4 is 37.5 Å². The molecule has 0 aliphatic rings. The zero-order valence-corrected chi connectivity index (χ0v) is 26.7. The molecule has 1 aromatic rings. The Balaban J connectivity index is 3.83. The number of imidazole rings is 1. The van der Waals surface area contributed by atoms with Gasteiger partial charge in [0.25, 0.3) is 0 Å². The Morgan fingerprint density at radius 2 is 0.574 bits per heavy atom. The molecule has 54 heavy (non-hydrogen) atoms. The first kappa shape index (κ1) is 50.1. The first-order chi connectivity index (χ1) is 22.9. The molecule has 0 amide bonds. The van der Waals surface area contributed by atoms with Gasteiger partial charge in [-0.15, -0.1) is 25.3 Å². The number of rotatable bonds is 15. The molecule has 0 fully saturated rings. The van der Waals surface area contributed by atoms with Gasteiger partial charge in [-0.25, -0.2) is 0 Å². The largest absolute Gasteiger partial charge is 0.460 e. The first-order valence-electron chi connectivity index (χ1n) is 12.1. The molecule has 0 atom stereocenters. The fourth-order valence-electron chi connectivity index (χ4n) is 3.55. The smallest absolute Gasteiger partial charge is 0.305 e. The molecule has 34 heteroatoms. The van der Waals surface area contributed by atoms with Gasteiger partial charge in [-0.2, -0.15) is 127 Å². The van der Waals surface area contributed by atoms with E-state index in [0.717, 1.165) is 0 Å². The Morgan fingerprint density at radius 3 is 0.796 bits per heavy atom. The normalized spacial score (nSPS) is 16.4. The quantitative estimate of drug-likeness (QED) is 0.101. The van der Waals surface area contributed by atoms with Crippen LogP contribution >= 0.6 is 37.5 Å². The summed E-state index contributed by atoms with van der Waals surface area (Å²) >= 11 is 9.90. The van der Waals surface area contributed by atoms with Gasteiger partial charge in [-0.1, -0.05) is 0 Å². The van der Waals surface area contributed by atoms with Gasteiger partial charge in [-0.05, 0) is 12.2 Å².